The van der Waals surface area contributed by atoms with E-state index in [-0.39, 0.29) is 6.04 Å². The van der Waals surface area contributed by atoms with E-state index in [1.165, 1.54) is 9.75 Å². The number of aryl methyl sites for hydroxylation is 1. The van der Waals surface area contributed by atoms with Crippen LogP contribution in [-0.4, -0.2) is 35.3 Å². The molecule has 0 aliphatic carbocycles. The van der Waals surface area contributed by atoms with E-state index in [0.29, 0.717) is 0 Å². The van der Waals surface area contributed by atoms with E-state index in [1.54, 1.807) is 11.3 Å². The van der Waals surface area contributed by atoms with Gasteiger partial charge in [0.1, 0.15) is 0 Å². The molecule has 116 valence electrons. The Bertz CT molecular complexity index is 578. The minimum absolute atomic E-state index is 0.0469. The van der Waals surface area contributed by atoms with Gasteiger partial charge in [-0.15, -0.1) is 11.3 Å². The van der Waals surface area contributed by atoms with Crippen molar-refractivity contribution >= 4 is 27.3 Å². The van der Waals surface area contributed by atoms with Crippen molar-refractivity contribution < 1.29 is 0 Å². The second-order valence-electron chi connectivity index (χ2n) is 5.16. The highest BCUT2D eigenvalue weighted by molar-refractivity contribution is 9.10. The Morgan fingerprint density at radius 1 is 1.48 bits per heavy atom. The van der Waals surface area contributed by atoms with Crippen molar-refractivity contribution in [1.82, 2.24) is 20.1 Å². The van der Waals surface area contributed by atoms with Gasteiger partial charge < -0.3 is 4.90 Å². The van der Waals surface area contributed by atoms with Crippen LogP contribution in [-0.2, 0) is 13.0 Å². The zero-order valence-corrected chi connectivity index (χ0v) is 15.0. The van der Waals surface area contributed by atoms with Crippen molar-refractivity contribution in [3.8, 4) is 0 Å². The molecule has 1 unspecified atom stereocenters. The number of hydrogen-bond donors (Lipinski definition) is 2. The molecule has 0 saturated carbocycles. The monoisotopic (exact) mass is 371 g/mol. The topological polar surface area (TPSA) is 59.1 Å². The van der Waals surface area contributed by atoms with Crippen molar-refractivity contribution in [1.29, 1.82) is 0 Å². The summed E-state index contributed by atoms with van der Waals surface area (Å²) in [6.07, 6.45) is 2.88. The first-order valence-corrected chi connectivity index (χ1v) is 8.58. The third-order valence-corrected chi connectivity index (χ3v) is 5.25. The average molecular weight is 372 g/mol. The summed E-state index contributed by atoms with van der Waals surface area (Å²) in [5.74, 6) is 5.82. The molecule has 0 aromatic carbocycles. The quantitative estimate of drug-likeness (QED) is 0.579. The number of rotatable bonds is 7. The number of hydrazine groups is 1. The lowest BCUT2D eigenvalue weighted by Crippen LogP contribution is -2.31. The van der Waals surface area contributed by atoms with Gasteiger partial charge in [-0.2, -0.15) is 5.10 Å². The molecule has 21 heavy (non-hydrogen) atoms. The van der Waals surface area contributed by atoms with Gasteiger partial charge in [-0.25, -0.2) is 5.43 Å². The molecule has 0 fully saturated rings. The minimum Gasteiger partial charge on any atom is -0.308 e. The molecule has 0 saturated heterocycles. The maximum Gasteiger partial charge on any atom is 0.0981 e. The predicted molar refractivity (Wildman–Crippen MR) is 91.3 cm³/mol. The van der Waals surface area contributed by atoms with Crippen LogP contribution in [0.4, 0.5) is 0 Å². The molecule has 0 aliphatic rings. The molecule has 0 radical (unpaired) electrons. The Hall–Kier alpha value is -0.730. The van der Waals surface area contributed by atoms with E-state index in [4.69, 9.17) is 5.84 Å². The normalized spacial score (nSPS) is 13.0. The smallest absolute Gasteiger partial charge is 0.0981 e. The molecular formula is C14H22BrN5S. The van der Waals surface area contributed by atoms with Crippen LogP contribution in [0.2, 0.25) is 0 Å². The maximum absolute atomic E-state index is 5.82. The lowest BCUT2D eigenvalue weighted by atomic mass is 10.2. The van der Waals surface area contributed by atoms with Crippen LogP contribution in [0.3, 0.4) is 0 Å². The number of hydrogen-bond acceptors (Lipinski definition) is 5. The fourth-order valence-corrected chi connectivity index (χ4v) is 3.71. The Labute approximate surface area is 138 Å². The Morgan fingerprint density at radius 3 is 2.81 bits per heavy atom. The summed E-state index contributed by atoms with van der Waals surface area (Å²) < 4.78 is 3.00. The first-order valence-electron chi connectivity index (χ1n) is 6.97. The van der Waals surface area contributed by atoms with E-state index in [2.05, 4.69) is 64.5 Å². The second kappa shape index (κ2) is 7.51. The zero-order valence-electron chi connectivity index (χ0n) is 12.6. The largest absolute Gasteiger partial charge is 0.308 e. The van der Waals surface area contributed by atoms with Crippen LogP contribution in [0, 0.1) is 0 Å². The summed E-state index contributed by atoms with van der Waals surface area (Å²) in [6, 6.07) is 4.26. The molecule has 0 amide bonds. The summed E-state index contributed by atoms with van der Waals surface area (Å²) in [6.45, 7) is 3.93. The Balaban J connectivity index is 2.30. The Kier molecular flexibility index (Phi) is 5.95. The van der Waals surface area contributed by atoms with Crippen molar-refractivity contribution in [2.75, 3.05) is 20.6 Å². The predicted octanol–water partition coefficient (Wildman–Crippen LogP) is 2.38. The van der Waals surface area contributed by atoms with Crippen molar-refractivity contribution in [2.45, 2.75) is 25.9 Å². The van der Waals surface area contributed by atoms with Crippen LogP contribution in [0.15, 0.2) is 22.8 Å². The third kappa shape index (κ3) is 3.92. The SMILES string of the molecule is CCc1ccc(C(NN)c2c(Br)cnn2CCN(C)C)s1. The number of halogens is 1. The molecule has 2 heterocycles. The minimum atomic E-state index is -0.0469. The van der Waals surface area contributed by atoms with E-state index in [0.717, 1.165) is 29.7 Å². The zero-order chi connectivity index (χ0) is 15.4. The van der Waals surface area contributed by atoms with E-state index in [1.807, 2.05) is 10.9 Å². The number of nitrogens with zero attached hydrogens (tertiary/aromatic N) is 3. The third-order valence-electron chi connectivity index (χ3n) is 3.35. The van der Waals surface area contributed by atoms with Gasteiger partial charge >= 0.3 is 0 Å². The lowest BCUT2D eigenvalue weighted by molar-refractivity contribution is 0.365. The highest BCUT2D eigenvalue weighted by Crippen LogP contribution is 2.32. The van der Waals surface area contributed by atoms with Crippen molar-refractivity contribution in [2.24, 2.45) is 5.84 Å². The molecule has 2 aromatic heterocycles. The summed E-state index contributed by atoms with van der Waals surface area (Å²) >= 11 is 5.39. The van der Waals surface area contributed by atoms with Crippen LogP contribution < -0.4 is 11.3 Å². The van der Waals surface area contributed by atoms with Gasteiger partial charge in [-0.3, -0.25) is 10.5 Å². The molecule has 0 spiro atoms. The van der Waals surface area contributed by atoms with Crippen molar-refractivity contribution in [3.63, 3.8) is 0 Å². The second-order valence-corrected chi connectivity index (χ2v) is 7.22. The van der Waals surface area contributed by atoms with Gasteiger partial charge in [0, 0.05) is 16.3 Å². The van der Waals surface area contributed by atoms with Gasteiger partial charge in [-0.1, -0.05) is 6.92 Å². The summed E-state index contributed by atoms with van der Waals surface area (Å²) in [4.78, 5) is 4.72. The number of aromatic nitrogens is 2. The average Bonchev–Trinajstić information content (AvgIpc) is 3.06. The van der Waals surface area contributed by atoms with Gasteiger partial charge in [0.2, 0.25) is 0 Å². The number of nitrogens with one attached hydrogen (secondary N) is 1. The summed E-state index contributed by atoms with van der Waals surface area (Å²) in [5, 5.41) is 4.46. The summed E-state index contributed by atoms with van der Waals surface area (Å²) in [7, 11) is 4.12. The molecule has 3 N–H and O–H groups in total. The molecule has 2 aromatic rings. The van der Waals surface area contributed by atoms with E-state index >= 15 is 0 Å². The summed E-state index contributed by atoms with van der Waals surface area (Å²) in [5.41, 5.74) is 4.01. The first kappa shape index (κ1) is 16.6. The molecule has 1 atom stereocenters. The highest BCUT2D eigenvalue weighted by Gasteiger charge is 2.22. The standard InChI is InChI=1S/C14H22BrN5S/c1-4-10-5-6-12(21-10)13(18-16)14-11(15)9-17-20(14)8-7-19(2)3/h5-6,9,13,18H,4,7-8,16H2,1-3H3. The van der Waals surface area contributed by atoms with Gasteiger partial charge in [0.05, 0.1) is 29.0 Å². The van der Waals surface area contributed by atoms with E-state index < -0.39 is 0 Å². The molecule has 0 aliphatic heterocycles. The Morgan fingerprint density at radius 2 is 2.24 bits per heavy atom. The number of nitrogens with two attached hydrogens (primary N) is 1. The van der Waals surface area contributed by atoms with Crippen molar-refractivity contribution in [3.05, 3.63) is 38.3 Å². The maximum atomic E-state index is 5.82. The van der Waals surface area contributed by atoms with Crippen LogP contribution in [0.25, 0.3) is 0 Å². The van der Waals surface area contributed by atoms with Gasteiger partial charge in [0.15, 0.2) is 0 Å². The number of likely N-dealkylation sites (N-methyl/N-ethyl adjacent to an activating group) is 1. The number of thiophene rings is 1. The molecule has 0 bridgehead atoms. The van der Waals surface area contributed by atoms with Gasteiger partial charge in [0.25, 0.3) is 0 Å². The molecule has 7 heteroatoms. The van der Waals surface area contributed by atoms with Crippen LogP contribution in [0.5, 0.6) is 0 Å². The fourth-order valence-electron chi connectivity index (χ4n) is 2.17. The van der Waals surface area contributed by atoms with Gasteiger partial charge in [-0.05, 0) is 48.6 Å². The van der Waals surface area contributed by atoms with Crippen LogP contribution >= 0.6 is 27.3 Å². The molecule has 2 rings (SSSR count). The lowest BCUT2D eigenvalue weighted by Gasteiger charge is -2.18. The van der Waals surface area contributed by atoms with Crippen LogP contribution in [0.1, 0.15) is 28.4 Å². The van der Waals surface area contributed by atoms with E-state index in [9.17, 15) is 0 Å². The first-order chi connectivity index (χ1) is 10.1. The fraction of sp³-hybridized carbons (Fsp3) is 0.500. The molecular weight excluding hydrogens is 350 g/mol. The molecule has 5 nitrogen and oxygen atoms in total. The highest BCUT2D eigenvalue weighted by atomic mass is 79.9.